The maximum absolute atomic E-state index is 11.9. The molecule has 0 spiro atoms. The molecule has 0 aliphatic carbocycles. The van der Waals surface area contributed by atoms with Crippen molar-refractivity contribution in [3.8, 4) is 0 Å². The fourth-order valence-electron chi connectivity index (χ4n) is 1.97. The van der Waals surface area contributed by atoms with E-state index >= 15 is 0 Å². The van der Waals surface area contributed by atoms with Gasteiger partial charge in [-0.1, -0.05) is 46.3 Å². The molecule has 1 aliphatic rings. The van der Waals surface area contributed by atoms with Crippen LogP contribution in [0.2, 0.25) is 0 Å². The van der Waals surface area contributed by atoms with Gasteiger partial charge in [-0.25, -0.2) is 0 Å². The van der Waals surface area contributed by atoms with Crippen LogP contribution in [-0.4, -0.2) is 35.3 Å². The van der Waals surface area contributed by atoms with E-state index in [2.05, 4.69) is 15.9 Å². The Morgan fingerprint density at radius 1 is 1.47 bits per heavy atom. The van der Waals surface area contributed by atoms with E-state index in [9.17, 15) is 4.79 Å². The fraction of sp³-hybridized carbons (Fsp3) is 0.462. The lowest BCUT2D eigenvalue weighted by Gasteiger charge is -2.33. The van der Waals surface area contributed by atoms with Crippen LogP contribution in [0.5, 0.6) is 0 Å². The van der Waals surface area contributed by atoms with Crippen LogP contribution in [0.25, 0.3) is 0 Å². The average Bonchev–Trinajstić information content (AvgIpc) is 2.39. The van der Waals surface area contributed by atoms with E-state index < -0.39 is 0 Å². The summed E-state index contributed by atoms with van der Waals surface area (Å²) >= 11 is 3.32. The highest BCUT2D eigenvalue weighted by atomic mass is 79.9. The molecule has 92 valence electrons. The lowest BCUT2D eigenvalue weighted by Crippen LogP contribution is -2.44. The zero-order valence-corrected chi connectivity index (χ0v) is 11.4. The zero-order valence-electron chi connectivity index (χ0n) is 9.80. The molecule has 4 heteroatoms. The van der Waals surface area contributed by atoms with E-state index in [4.69, 9.17) is 4.74 Å². The minimum absolute atomic E-state index is 0.000139. The summed E-state index contributed by atoms with van der Waals surface area (Å²) in [5.74, 6) is 0.134. The van der Waals surface area contributed by atoms with E-state index in [0.717, 1.165) is 5.56 Å². The quantitative estimate of drug-likeness (QED) is 0.785. The largest absolute Gasteiger partial charge is 0.370 e. The maximum atomic E-state index is 11.9. The molecule has 2 atom stereocenters. The number of benzene rings is 1. The number of morpholine rings is 1. The molecule has 0 bridgehead atoms. The van der Waals surface area contributed by atoms with Crippen molar-refractivity contribution in [1.29, 1.82) is 0 Å². The molecule has 2 rings (SSSR count). The van der Waals surface area contributed by atoms with Crippen molar-refractivity contribution >= 4 is 21.8 Å². The summed E-state index contributed by atoms with van der Waals surface area (Å²) in [5.41, 5.74) is 1.13. The highest BCUT2D eigenvalue weighted by Crippen LogP contribution is 2.22. The van der Waals surface area contributed by atoms with Crippen molar-refractivity contribution in [1.82, 2.24) is 4.90 Å². The first-order valence-electron chi connectivity index (χ1n) is 5.78. The van der Waals surface area contributed by atoms with Gasteiger partial charge in [0, 0.05) is 6.54 Å². The van der Waals surface area contributed by atoms with Crippen molar-refractivity contribution in [2.45, 2.75) is 17.9 Å². The van der Waals surface area contributed by atoms with Gasteiger partial charge >= 0.3 is 0 Å². The van der Waals surface area contributed by atoms with Gasteiger partial charge in [-0.05, 0) is 12.5 Å². The van der Waals surface area contributed by atoms with E-state index in [0.29, 0.717) is 19.7 Å². The van der Waals surface area contributed by atoms with Crippen LogP contribution < -0.4 is 0 Å². The summed E-state index contributed by atoms with van der Waals surface area (Å²) in [5, 5.41) is 0. The van der Waals surface area contributed by atoms with Gasteiger partial charge in [-0.3, -0.25) is 4.79 Å². The molecule has 1 aliphatic heterocycles. The molecule has 0 unspecified atom stereocenters. The van der Waals surface area contributed by atoms with Gasteiger partial charge in [-0.15, -0.1) is 0 Å². The van der Waals surface area contributed by atoms with Gasteiger partial charge in [0.15, 0.2) is 0 Å². The Hall–Kier alpha value is -0.870. The Balaban J connectivity index is 2.05. The van der Waals surface area contributed by atoms with E-state index in [1.165, 1.54) is 0 Å². The number of ether oxygens (including phenoxy) is 1. The maximum Gasteiger partial charge on any atom is 0.236 e. The summed E-state index contributed by atoms with van der Waals surface area (Å²) in [4.78, 5) is 13.6. The van der Waals surface area contributed by atoms with E-state index in [-0.39, 0.29) is 16.8 Å². The molecule has 1 fully saturated rings. The minimum atomic E-state index is -0.128. The number of amides is 1. The number of carbonyl (C=O) groups is 1. The normalized spacial score (nSPS) is 22.2. The van der Waals surface area contributed by atoms with Gasteiger partial charge in [0.2, 0.25) is 5.91 Å². The van der Waals surface area contributed by atoms with Crippen LogP contribution in [0.1, 0.15) is 18.6 Å². The average molecular weight is 298 g/mol. The molecular formula is C13H16BrNO2. The fourth-order valence-corrected chi connectivity index (χ4v) is 2.26. The summed E-state index contributed by atoms with van der Waals surface area (Å²) in [6.07, 6.45) is 0.000139. The number of hydrogen-bond acceptors (Lipinski definition) is 2. The van der Waals surface area contributed by atoms with Crippen molar-refractivity contribution in [2.24, 2.45) is 0 Å². The molecule has 0 N–H and O–H groups in total. The summed E-state index contributed by atoms with van der Waals surface area (Å²) in [7, 11) is 0. The number of nitrogens with zero attached hydrogens (tertiary/aromatic N) is 1. The molecule has 1 aromatic carbocycles. The SMILES string of the molecule is C[C@@H](Br)C(=O)N1CCO[C@@H](c2ccccc2)C1. The van der Waals surface area contributed by atoms with Crippen molar-refractivity contribution in [3.63, 3.8) is 0 Å². The van der Waals surface area contributed by atoms with Crippen LogP contribution in [-0.2, 0) is 9.53 Å². The first-order valence-corrected chi connectivity index (χ1v) is 6.69. The molecule has 0 radical (unpaired) electrons. The lowest BCUT2D eigenvalue weighted by atomic mass is 10.1. The molecule has 0 saturated carbocycles. The second-order valence-electron chi connectivity index (χ2n) is 4.17. The van der Waals surface area contributed by atoms with Gasteiger partial charge in [0.25, 0.3) is 0 Å². The number of hydrogen-bond donors (Lipinski definition) is 0. The predicted octanol–water partition coefficient (Wildman–Crippen LogP) is 2.37. The van der Waals surface area contributed by atoms with Crippen LogP contribution in [0, 0.1) is 0 Å². The number of alkyl halides is 1. The molecule has 1 amide bonds. The standard InChI is InChI=1S/C13H16BrNO2/c1-10(14)13(16)15-7-8-17-12(9-15)11-5-3-2-4-6-11/h2-6,10,12H,7-9H2,1H3/t10-,12-/m1/s1. The van der Waals surface area contributed by atoms with Gasteiger partial charge < -0.3 is 9.64 Å². The van der Waals surface area contributed by atoms with Crippen LogP contribution in [0.4, 0.5) is 0 Å². The molecule has 17 heavy (non-hydrogen) atoms. The first kappa shape index (κ1) is 12.6. The molecule has 1 saturated heterocycles. The summed E-state index contributed by atoms with van der Waals surface area (Å²) in [6.45, 7) is 3.78. The van der Waals surface area contributed by atoms with Crippen LogP contribution in [0.3, 0.4) is 0 Å². The molecule has 0 aromatic heterocycles. The second kappa shape index (κ2) is 5.65. The van der Waals surface area contributed by atoms with E-state index in [1.807, 2.05) is 42.2 Å². The van der Waals surface area contributed by atoms with Crippen molar-refractivity contribution in [3.05, 3.63) is 35.9 Å². The molecule has 1 aromatic rings. The van der Waals surface area contributed by atoms with Crippen LogP contribution >= 0.6 is 15.9 Å². The highest BCUT2D eigenvalue weighted by Gasteiger charge is 2.26. The number of halogens is 1. The van der Waals surface area contributed by atoms with Gasteiger partial charge in [-0.2, -0.15) is 0 Å². The predicted molar refractivity (Wildman–Crippen MR) is 70.1 cm³/mol. The number of rotatable bonds is 2. The molecule has 3 nitrogen and oxygen atoms in total. The third kappa shape index (κ3) is 3.07. The summed E-state index contributed by atoms with van der Waals surface area (Å²) in [6, 6.07) is 10.0. The summed E-state index contributed by atoms with van der Waals surface area (Å²) < 4.78 is 5.71. The Morgan fingerprint density at radius 3 is 2.82 bits per heavy atom. The van der Waals surface area contributed by atoms with Crippen LogP contribution in [0.15, 0.2) is 30.3 Å². The first-order chi connectivity index (χ1) is 8.18. The van der Waals surface area contributed by atoms with Gasteiger partial charge in [0.05, 0.1) is 18.0 Å². The third-order valence-electron chi connectivity index (χ3n) is 2.89. The Bertz CT molecular complexity index is 380. The molecular weight excluding hydrogens is 282 g/mol. The smallest absolute Gasteiger partial charge is 0.236 e. The van der Waals surface area contributed by atoms with E-state index in [1.54, 1.807) is 0 Å². The topological polar surface area (TPSA) is 29.5 Å². The molecule has 1 heterocycles. The Kier molecular flexibility index (Phi) is 4.18. The van der Waals surface area contributed by atoms with Gasteiger partial charge in [0.1, 0.15) is 6.10 Å². The van der Waals surface area contributed by atoms with Crippen molar-refractivity contribution in [2.75, 3.05) is 19.7 Å². The second-order valence-corrected chi connectivity index (χ2v) is 5.54. The minimum Gasteiger partial charge on any atom is -0.370 e. The Morgan fingerprint density at radius 2 is 2.18 bits per heavy atom. The number of carbonyl (C=O) groups excluding carboxylic acids is 1. The zero-order chi connectivity index (χ0) is 12.3. The highest BCUT2D eigenvalue weighted by molar-refractivity contribution is 9.10. The van der Waals surface area contributed by atoms with Crippen molar-refractivity contribution < 1.29 is 9.53 Å². The lowest BCUT2D eigenvalue weighted by molar-refractivity contribution is -0.137. The monoisotopic (exact) mass is 297 g/mol. The third-order valence-corrected chi connectivity index (χ3v) is 3.28. The Labute approximate surface area is 110 Å².